The Balaban J connectivity index is 1.49. The van der Waals surface area contributed by atoms with Crippen molar-refractivity contribution in [3.8, 4) is 11.5 Å². The third kappa shape index (κ3) is 5.70. The molecule has 5 rings (SSSR count). The van der Waals surface area contributed by atoms with Crippen molar-refractivity contribution in [3.05, 3.63) is 101 Å². The van der Waals surface area contributed by atoms with E-state index >= 15 is 0 Å². The molecule has 39 heavy (non-hydrogen) atoms. The highest BCUT2D eigenvalue weighted by Crippen LogP contribution is 2.41. The number of hydrogen-bond acceptors (Lipinski definition) is 5. The van der Waals surface area contributed by atoms with E-state index in [1.807, 2.05) is 73.7 Å². The minimum atomic E-state index is -0.703. The molecule has 2 aliphatic rings. The summed E-state index contributed by atoms with van der Waals surface area (Å²) in [6.45, 7) is 5.14. The summed E-state index contributed by atoms with van der Waals surface area (Å²) in [6, 6.07) is 22.1. The van der Waals surface area contributed by atoms with Gasteiger partial charge in [-0.2, -0.15) is 0 Å². The number of rotatable bonds is 10. The molecule has 0 aromatic heterocycles. The Hall–Kier alpha value is -4.06. The summed E-state index contributed by atoms with van der Waals surface area (Å²) in [4.78, 5) is 28.3. The first-order valence-corrected chi connectivity index (χ1v) is 13.8. The molecule has 2 aliphatic heterocycles. The number of carbonyl (C=O) groups excluding carboxylic acids is 2. The second kappa shape index (κ2) is 11.8. The van der Waals surface area contributed by atoms with E-state index in [-0.39, 0.29) is 17.4 Å². The molecule has 1 N–H and O–H groups in total. The van der Waals surface area contributed by atoms with Crippen LogP contribution in [0.3, 0.4) is 0 Å². The molecule has 3 aromatic rings. The van der Waals surface area contributed by atoms with Gasteiger partial charge in [-0.1, -0.05) is 62.2 Å². The maximum Gasteiger partial charge on any atom is 0.295 e. The van der Waals surface area contributed by atoms with Crippen LogP contribution in [0.2, 0.25) is 0 Å². The van der Waals surface area contributed by atoms with Crippen molar-refractivity contribution in [1.29, 1.82) is 0 Å². The van der Waals surface area contributed by atoms with Crippen molar-refractivity contribution in [3.63, 3.8) is 0 Å². The van der Waals surface area contributed by atoms with Crippen LogP contribution in [0.15, 0.2) is 78.4 Å². The molecule has 0 bridgehead atoms. The van der Waals surface area contributed by atoms with Crippen LogP contribution in [0.25, 0.3) is 5.76 Å². The van der Waals surface area contributed by atoms with Crippen molar-refractivity contribution in [2.24, 2.45) is 0 Å². The number of fused-ring (bicyclic) bond motifs is 1. The van der Waals surface area contributed by atoms with E-state index in [0.717, 1.165) is 53.9 Å². The van der Waals surface area contributed by atoms with Gasteiger partial charge in [-0.15, -0.1) is 0 Å². The third-order valence-corrected chi connectivity index (χ3v) is 7.41. The smallest absolute Gasteiger partial charge is 0.295 e. The predicted octanol–water partition coefficient (Wildman–Crippen LogP) is 6.24. The first-order chi connectivity index (χ1) is 19.0. The Labute approximate surface area is 229 Å². The summed E-state index contributed by atoms with van der Waals surface area (Å²) in [7, 11) is 0. The maximum atomic E-state index is 13.4. The molecule has 0 unspecified atom stereocenters. The summed E-state index contributed by atoms with van der Waals surface area (Å²) < 4.78 is 11.7. The van der Waals surface area contributed by atoms with Gasteiger partial charge in [0.15, 0.2) is 0 Å². The van der Waals surface area contributed by atoms with Gasteiger partial charge >= 0.3 is 0 Å². The third-order valence-electron chi connectivity index (χ3n) is 7.41. The topological polar surface area (TPSA) is 76.1 Å². The molecule has 2 heterocycles. The van der Waals surface area contributed by atoms with Gasteiger partial charge in [-0.25, -0.2) is 0 Å². The van der Waals surface area contributed by atoms with E-state index in [0.29, 0.717) is 25.1 Å². The van der Waals surface area contributed by atoms with Gasteiger partial charge < -0.3 is 19.5 Å². The monoisotopic (exact) mass is 525 g/mol. The number of Topliss-reactive ketones (excluding diaryl/α,β-unsaturated/α-hetero) is 1. The number of likely N-dealkylation sites (tertiary alicyclic amines) is 1. The summed E-state index contributed by atoms with van der Waals surface area (Å²) in [5, 5.41) is 11.5. The largest absolute Gasteiger partial charge is 0.507 e. The van der Waals surface area contributed by atoms with Gasteiger partial charge in [0.1, 0.15) is 23.4 Å². The molecule has 3 aromatic carbocycles. The van der Waals surface area contributed by atoms with Crippen LogP contribution in [0.1, 0.15) is 61.4 Å². The van der Waals surface area contributed by atoms with Crippen molar-refractivity contribution >= 4 is 17.4 Å². The molecule has 6 heteroatoms. The molecule has 202 valence electrons. The summed E-state index contributed by atoms with van der Waals surface area (Å²) >= 11 is 0. The van der Waals surface area contributed by atoms with Crippen LogP contribution < -0.4 is 9.47 Å². The normalized spacial score (nSPS) is 19.7. The lowest BCUT2D eigenvalue weighted by atomic mass is 9.94. The Morgan fingerprint density at radius 2 is 1.79 bits per heavy atom. The second-order valence-electron chi connectivity index (χ2n) is 10.3. The fraction of sp³-hybridized carbons (Fsp3) is 0.333. The average Bonchev–Trinajstić information content (AvgIpc) is 3.45. The Kier molecular flexibility index (Phi) is 8.01. The van der Waals surface area contributed by atoms with Crippen molar-refractivity contribution in [1.82, 2.24) is 4.90 Å². The van der Waals surface area contributed by atoms with Crippen molar-refractivity contribution in [2.75, 3.05) is 13.2 Å². The van der Waals surface area contributed by atoms with Gasteiger partial charge in [0.05, 0.1) is 18.2 Å². The fourth-order valence-corrected chi connectivity index (χ4v) is 5.36. The summed E-state index contributed by atoms with van der Waals surface area (Å²) in [5.41, 5.74) is 3.42. The highest BCUT2D eigenvalue weighted by Gasteiger charge is 2.46. The van der Waals surface area contributed by atoms with Gasteiger partial charge in [0, 0.05) is 18.5 Å². The molecule has 6 nitrogen and oxygen atoms in total. The van der Waals surface area contributed by atoms with Crippen molar-refractivity contribution < 1.29 is 24.2 Å². The Bertz CT molecular complexity index is 1360. The number of aliphatic hydroxyl groups excluding tert-OH is 1. The van der Waals surface area contributed by atoms with Gasteiger partial charge in [0.25, 0.3) is 11.7 Å². The molecule has 1 amide bonds. The van der Waals surface area contributed by atoms with Gasteiger partial charge in [-0.05, 0) is 66.8 Å². The van der Waals surface area contributed by atoms with Crippen LogP contribution >= 0.6 is 0 Å². The van der Waals surface area contributed by atoms with Crippen molar-refractivity contribution in [2.45, 2.75) is 58.1 Å². The first-order valence-electron chi connectivity index (χ1n) is 13.8. The number of hydrogen-bond donors (Lipinski definition) is 1. The number of unbranched alkanes of at least 4 members (excludes halogenated alkanes) is 2. The highest BCUT2D eigenvalue weighted by atomic mass is 16.5. The number of amides is 1. The molecule has 0 spiro atoms. The fourth-order valence-electron chi connectivity index (χ4n) is 5.36. The molecule has 0 aliphatic carbocycles. The number of carbonyl (C=O) groups is 2. The van der Waals surface area contributed by atoms with E-state index in [4.69, 9.17) is 9.47 Å². The number of nitrogens with zero attached hydrogens (tertiary/aromatic N) is 1. The highest BCUT2D eigenvalue weighted by molar-refractivity contribution is 6.46. The maximum absolute atomic E-state index is 13.4. The lowest BCUT2D eigenvalue weighted by molar-refractivity contribution is -0.139. The molecular weight excluding hydrogens is 490 g/mol. The van der Waals surface area contributed by atoms with Crippen LogP contribution in [0.5, 0.6) is 11.5 Å². The van der Waals surface area contributed by atoms with E-state index in [9.17, 15) is 14.7 Å². The molecule has 0 saturated carbocycles. The van der Waals surface area contributed by atoms with Gasteiger partial charge in [-0.3, -0.25) is 9.59 Å². The zero-order valence-corrected chi connectivity index (χ0v) is 22.6. The van der Waals surface area contributed by atoms with Crippen LogP contribution in [-0.4, -0.2) is 41.0 Å². The number of ether oxygens (including phenoxy) is 2. The van der Waals surface area contributed by atoms with E-state index < -0.39 is 17.7 Å². The van der Waals surface area contributed by atoms with E-state index in [1.165, 1.54) is 0 Å². The van der Waals surface area contributed by atoms with Crippen LogP contribution in [-0.2, 0) is 22.4 Å². The van der Waals surface area contributed by atoms with E-state index in [1.54, 1.807) is 11.0 Å². The molecule has 0 radical (unpaired) electrons. The lowest BCUT2D eigenvalue weighted by Gasteiger charge is -2.25. The summed E-state index contributed by atoms with van der Waals surface area (Å²) in [6.07, 6.45) is 4.61. The quantitative estimate of drug-likeness (QED) is 0.147. The minimum absolute atomic E-state index is 0.0590. The van der Waals surface area contributed by atoms with Gasteiger partial charge in [0.2, 0.25) is 0 Å². The molecule has 1 saturated heterocycles. The summed E-state index contributed by atoms with van der Waals surface area (Å²) in [5.74, 6) is 0.0890. The SMILES string of the molecule is CCCCCOc1ccc([C@H]2/C(=C(\O)c3ccc4c(c3)C[C@H](C)O4)C(=O)C(=O)N2CCc2ccccc2)cc1. The van der Waals surface area contributed by atoms with Crippen LogP contribution in [0.4, 0.5) is 0 Å². The second-order valence-corrected chi connectivity index (χ2v) is 10.3. The Morgan fingerprint density at radius 3 is 2.54 bits per heavy atom. The lowest BCUT2D eigenvalue weighted by Crippen LogP contribution is -2.31. The number of ketones is 1. The standard InChI is InChI=1S/C33H35NO5/c1-3-4-8-19-38-27-14-11-24(12-15-27)30-29(31(35)25-13-16-28-26(21-25)20-22(2)39-28)32(36)33(37)34(30)18-17-23-9-6-5-7-10-23/h5-7,9-16,21-22,30,35H,3-4,8,17-20H2,1-2H3/b31-29+/t22-,30-/m0/s1. The average molecular weight is 526 g/mol. The molecule has 2 atom stereocenters. The zero-order chi connectivity index (χ0) is 27.4. The van der Waals surface area contributed by atoms with Crippen LogP contribution in [0, 0.1) is 0 Å². The first kappa shape index (κ1) is 26.5. The Morgan fingerprint density at radius 1 is 1.03 bits per heavy atom. The molecular formula is C33H35NO5. The van der Waals surface area contributed by atoms with E-state index in [2.05, 4.69) is 6.92 Å². The number of aliphatic hydroxyl groups is 1. The zero-order valence-electron chi connectivity index (χ0n) is 22.6. The molecule has 1 fully saturated rings. The predicted molar refractivity (Wildman–Crippen MR) is 151 cm³/mol. The number of benzene rings is 3. The minimum Gasteiger partial charge on any atom is -0.507 e.